The summed E-state index contributed by atoms with van der Waals surface area (Å²) in [6, 6.07) is 7.54. The second-order valence-electron chi connectivity index (χ2n) is 4.50. The Morgan fingerprint density at radius 3 is 2.64 bits per heavy atom. The van der Waals surface area contributed by atoms with Crippen LogP contribution in [0.5, 0.6) is 0 Å². The number of hydrogen-bond donors (Lipinski definition) is 1. The van der Waals surface area contributed by atoms with Gasteiger partial charge in [-0.1, -0.05) is 12.1 Å². The molecule has 1 aromatic rings. The van der Waals surface area contributed by atoms with Gasteiger partial charge in [0.2, 0.25) is 0 Å². The summed E-state index contributed by atoms with van der Waals surface area (Å²) in [5.41, 5.74) is 1.25. The van der Waals surface area contributed by atoms with Crippen LogP contribution in [0.4, 0.5) is 4.39 Å². The van der Waals surface area contributed by atoms with Crippen LogP contribution in [0.15, 0.2) is 24.3 Å². The van der Waals surface area contributed by atoms with Crippen molar-refractivity contribution in [1.82, 2.24) is 5.32 Å². The summed E-state index contributed by atoms with van der Waals surface area (Å²) in [5.74, 6) is 1.71. The van der Waals surface area contributed by atoms with E-state index in [1.54, 1.807) is 12.1 Å². The molecule has 3 rings (SSSR count). The molecule has 1 aliphatic heterocycles. The Kier molecular flexibility index (Phi) is 1.84. The van der Waals surface area contributed by atoms with Gasteiger partial charge in [-0.3, -0.25) is 0 Å². The lowest BCUT2D eigenvalue weighted by molar-refractivity contribution is 0.530. The van der Waals surface area contributed by atoms with Crippen LogP contribution < -0.4 is 5.32 Å². The molecule has 1 saturated heterocycles. The van der Waals surface area contributed by atoms with Gasteiger partial charge in [0.05, 0.1) is 0 Å². The summed E-state index contributed by atoms with van der Waals surface area (Å²) in [7, 11) is 0. The van der Waals surface area contributed by atoms with Crippen LogP contribution in [0.3, 0.4) is 0 Å². The van der Waals surface area contributed by atoms with Crippen molar-refractivity contribution in [1.29, 1.82) is 0 Å². The fraction of sp³-hybridized carbons (Fsp3) is 0.500. The summed E-state index contributed by atoms with van der Waals surface area (Å²) >= 11 is 0. The number of benzene rings is 1. The standard InChI is InChI=1S/C12H14FN/c13-10-3-1-8(2-4-10)5-12-11-6-9(11)7-14-12/h1-4,9,11-12,14H,5-7H2/t9-,11-,12-/m0/s1. The topological polar surface area (TPSA) is 12.0 Å². The third-order valence-corrected chi connectivity index (χ3v) is 3.51. The van der Waals surface area contributed by atoms with Gasteiger partial charge in [-0.2, -0.15) is 0 Å². The number of hydrogen-bond acceptors (Lipinski definition) is 1. The average Bonchev–Trinajstić information content (AvgIpc) is 2.88. The SMILES string of the molecule is Fc1ccc(C[C@@H]2NC[C@@H]3C[C@@H]32)cc1. The first kappa shape index (κ1) is 8.42. The van der Waals surface area contributed by atoms with E-state index in [2.05, 4.69) is 5.32 Å². The molecule has 3 atom stereocenters. The molecule has 1 N–H and O–H groups in total. The van der Waals surface area contributed by atoms with Gasteiger partial charge in [0.15, 0.2) is 0 Å². The Balaban J connectivity index is 1.69. The second kappa shape index (κ2) is 3.06. The summed E-state index contributed by atoms with van der Waals surface area (Å²) in [6.45, 7) is 1.19. The van der Waals surface area contributed by atoms with Gasteiger partial charge in [0, 0.05) is 6.04 Å². The van der Waals surface area contributed by atoms with E-state index in [1.165, 1.54) is 18.5 Å². The molecular weight excluding hydrogens is 177 g/mol. The third kappa shape index (κ3) is 1.44. The Bertz CT molecular complexity index is 333. The fourth-order valence-corrected chi connectivity index (χ4v) is 2.55. The molecule has 0 aromatic heterocycles. The third-order valence-electron chi connectivity index (χ3n) is 3.51. The van der Waals surface area contributed by atoms with E-state index < -0.39 is 0 Å². The zero-order valence-electron chi connectivity index (χ0n) is 8.04. The van der Waals surface area contributed by atoms with E-state index in [9.17, 15) is 4.39 Å². The van der Waals surface area contributed by atoms with Crippen LogP contribution in [-0.2, 0) is 6.42 Å². The van der Waals surface area contributed by atoms with Crippen LogP contribution in [0.1, 0.15) is 12.0 Å². The number of piperidine rings is 1. The molecule has 2 heteroatoms. The van der Waals surface area contributed by atoms with E-state index in [4.69, 9.17) is 0 Å². The van der Waals surface area contributed by atoms with Crippen molar-refractivity contribution >= 4 is 0 Å². The molecule has 1 heterocycles. The molecule has 0 amide bonds. The molecule has 74 valence electrons. The lowest BCUT2D eigenvalue weighted by Gasteiger charge is -2.12. The molecule has 1 saturated carbocycles. The molecule has 1 aromatic carbocycles. The van der Waals surface area contributed by atoms with Crippen molar-refractivity contribution in [2.24, 2.45) is 11.8 Å². The predicted molar refractivity (Wildman–Crippen MR) is 53.5 cm³/mol. The summed E-state index contributed by atoms with van der Waals surface area (Å²) in [6.07, 6.45) is 2.46. The zero-order valence-corrected chi connectivity index (χ0v) is 8.04. The summed E-state index contributed by atoms with van der Waals surface area (Å²) < 4.78 is 12.7. The van der Waals surface area contributed by atoms with Crippen molar-refractivity contribution in [3.05, 3.63) is 35.6 Å². The quantitative estimate of drug-likeness (QED) is 0.753. The number of rotatable bonds is 2. The minimum absolute atomic E-state index is 0.141. The highest BCUT2D eigenvalue weighted by molar-refractivity contribution is 5.19. The molecule has 2 aliphatic rings. The largest absolute Gasteiger partial charge is 0.313 e. The van der Waals surface area contributed by atoms with Gasteiger partial charge in [-0.15, -0.1) is 0 Å². The van der Waals surface area contributed by atoms with Crippen molar-refractivity contribution in [3.8, 4) is 0 Å². The van der Waals surface area contributed by atoms with Gasteiger partial charge < -0.3 is 5.32 Å². The molecular formula is C12H14FN. The van der Waals surface area contributed by atoms with Gasteiger partial charge in [0.25, 0.3) is 0 Å². The Morgan fingerprint density at radius 2 is 2.07 bits per heavy atom. The van der Waals surface area contributed by atoms with Crippen LogP contribution in [-0.4, -0.2) is 12.6 Å². The van der Waals surface area contributed by atoms with Crippen LogP contribution >= 0.6 is 0 Å². The van der Waals surface area contributed by atoms with E-state index in [0.717, 1.165) is 18.3 Å². The van der Waals surface area contributed by atoms with Crippen molar-refractivity contribution < 1.29 is 4.39 Å². The van der Waals surface area contributed by atoms with E-state index in [-0.39, 0.29) is 5.82 Å². The highest BCUT2D eigenvalue weighted by atomic mass is 19.1. The zero-order chi connectivity index (χ0) is 9.54. The lowest BCUT2D eigenvalue weighted by atomic mass is 10.0. The summed E-state index contributed by atoms with van der Waals surface area (Å²) in [4.78, 5) is 0. The Hall–Kier alpha value is -0.890. The molecule has 0 unspecified atom stereocenters. The number of halogens is 1. The molecule has 0 radical (unpaired) electrons. The first-order chi connectivity index (χ1) is 6.83. The normalized spacial score (nSPS) is 34.2. The highest BCUT2D eigenvalue weighted by Crippen LogP contribution is 2.45. The van der Waals surface area contributed by atoms with E-state index >= 15 is 0 Å². The predicted octanol–water partition coefficient (Wildman–Crippen LogP) is 1.98. The van der Waals surface area contributed by atoms with Crippen molar-refractivity contribution in [2.75, 3.05) is 6.54 Å². The van der Waals surface area contributed by atoms with Crippen LogP contribution in [0, 0.1) is 17.7 Å². The second-order valence-corrected chi connectivity index (χ2v) is 4.50. The smallest absolute Gasteiger partial charge is 0.123 e. The molecule has 0 spiro atoms. The van der Waals surface area contributed by atoms with Crippen molar-refractivity contribution in [2.45, 2.75) is 18.9 Å². The van der Waals surface area contributed by atoms with Crippen LogP contribution in [0.2, 0.25) is 0 Å². The maximum absolute atomic E-state index is 12.7. The van der Waals surface area contributed by atoms with Crippen LogP contribution in [0.25, 0.3) is 0 Å². The minimum Gasteiger partial charge on any atom is -0.313 e. The van der Waals surface area contributed by atoms with Gasteiger partial charge in [0.1, 0.15) is 5.82 Å². The average molecular weight is 191 g/mol. The fourth-order valence-electron chi connectivity index (χ4n) is 2.55. The summed E-state index contributed by atoms with van der Waals surface area (Å²) in [5, 5.41) is 3.53. The monoisotopic (exact) mass is 191 g/mol. The first-order valence-electron chi connectivity index (χ1n) is 5.31. The minimum atomic E-state index is -0.141. The maximum Gasteiger partial charge on any atom is 0.123 e. The number of nitrogens with one attached hydrogen (secondary N) is 1. The Morgan fingerprint density at radius 1 is 1.29 bits per heavy atom. The maximum atomic E-state index is 12.7. The molecule has 14 heavy (non-hydrogen) atoms. The lowest BCUT2D eigenvalue weighted by Crippen LogP contribution is -2.28. The Labute approximate surface area is 83.3 Å². The molecule has 1 aliphatic carbocycles. The van der Waals surface area contributed by atoms with Crippen molar-refractivity contribution in [3.63, 3.8) is 0 Å². The van der Waals surface area contributed by atoms with Gasteiger partial charge in [-0.25, -0.2) is 4.39 Å². The van der Waals surface area contributed by atoms with Gasteiger partial charge >= 0.3 is 0 Å². The van der Waals surface area contributed by atoms with E-state index in [1.807, 2.05) is 12.1 Å². The van der Waals surface area contributed by atoms with E-state index in [0.29, 0.717) is 6.04 Å². The highest BCUT2D eigenvalue weighted by Gasteiger charge is 2.47. The molecule has 1 nitrogen and oxygen atoms in total. The number of fused-ring (bicyclic) bond motifs is 1. The molecule has 0 bridgehead atoms. The first-order valence-corrected chi connectivity index (χ1v) is 5.31. The van der Waals surface area contributed by atoms with Gasteiger partial charge in [-0.05, 0) is 48.9 Å². The molecule has 2 fully saturated rings.